The van der Waals surface area contributed by atoms with Crippen LogP contribution < -0.4 is 10.6 Å². The van der Waals surface area contributed by atoms with Gasteiger partial charge >= 0.3 is 5.97 Å². The van der Waals surface area contributed by atoms with Crippen LogP contribution in [0.15, 0.2) is 0 Å². The summed E-state index contributed by atoms with van der Waals surface area (Å²) in [5, 5.41) is 15.2. The van der Waals surface area contributed by atoms with Crippen molar-refractivity contribution < 1.29 is 14.7 Å². The van der Waals surface area contributed by atoms with Crippen LogP contribution in [0.2, 0.25) is 0 Å². The Bertz CT molecular complexity index is 328. The summed E-state index contributed by atoms with van der Waals surface area (Å²) in [6.07, 6.45) is 3.96. The Morgan fingerprint density at radius 1 is 1.21 bits per heavy atom. The summed E-state index contributed by atoms with van der Waals surface area (Å²) in [5.41, 5.74) is -0.517. The van der Waals surface area contributed by atoms with Gasteiger partial charge in [0, 0.05) is 18.5 Å². The van der Waals surface area contributed by atoms with E-state index in [0.29, 0.717) is 13.0 Å². The molecule has 5 heteroatoms. The Labute approximate surface area is 115 Å². The second-order valence-electron chi connectivity index (χ2n) is 6.53. The molecular weight excluding hydrogens is 244 g/mol. The highest BCUT2D eigenvalue weighted by Gasteiger charge is 2.37. The van der Waals surface area contributed by atoms with E-state index in [0.717, 1.165) is 25.7 Å². The average molecular weight is 270 g/mol. The van der Waals surface area contributed by atoms with Crippen molar-refractivity contribution in [1.29, 1.82) is 0 Å². The largest absolute Gasteiger partial charge is 0.481 e. The van der Waals surface area contributed by atoms with Crippen molar-refractivity contribution in [3.8, 4) is 0 Å². The molecule has 0 saturated heterocycles. The summed E-state index contributed by atoms with van der Waals surface area (Å²) in [6.45, 7) is 6.76. The van der Waals surface area contributed by atoms with Crippen LogP contribution in [0.5, 0.6) is 0 Å². The third-order valence-corrected chi connectivity index (χ3v) is 3.46. The molecule has 5 nitrogen and oxygen atoms in total. The van der Waals surface area contributed by atoms with Gasteiger partial charge in [0.15, 0.2) is 0 Å². The van der Waals surface area contributed by atoms with Gasteiger partial charge < -0.3 is 15.7 Å². The van der Waals surface area contributed by atoms with E-state index in [9.17, 15) is 9.59 Å². The molecule has 1 amide bonds. The van der Waals surface area contributed by atoms with Crippen LogP contribution in [-0.4, -0.2) is 34.6 Å². The van der Waals surface area contributed by atoms with Crippen LogP contribution in [0.1, 0.15) is 59.3 Å². The molecule has 0 atom stereocenters. The minimum absolute atomic E-state index is 0.00755. The molecule has 1 fully saturated rings. The predicted octanol–water partition coefficient (Wildman–Crippen LogP) is 1.67. The summed E-state index contributed by atoms with van der Waals surface area (Å²) in [6, 6.07) is 0. The van der Waals surface area contributed by atoms with Gasteiger partial charge in [-0.2, -0.15) is 0 Å². The zero-order valence-corrected chi connectivity index (χ0v) is 12.2. The molecule has 0 aromatic heterocycles. The monoisotopic (exact) mass is 270 g/mol. The first-order chi connectivity index (χ1) is 8.72. The molecule has 1 aliphatic rings. The highest BCUT2D eigenvalue weighted by atomic mass is 16.4. The molecular formula is C14H26N2O3. The second kappa shape index (κ2) is 6.37. The molecule has 0 aromatic carbocycles. The van der Waals surface area contributed by atoms with Crippen LogP contribution in [0.25, 0.3) is 0 Å². The summed E-state index contributed by atoms with van der Waals surface area (Å²) in [5.74, 6) is -0.894. The Hall–Kier alpha value is -1.10. The van der Waals surface area contributed by atoms with Crippen molar-refractivity contribution in [2.24, 2.45) is 0 Å². The molecule has 1 aliphatic carbocycles. The van der Waals surface area contributed by atoms with E-state index in [1.165, 1.54) is 0 Å². The first-order valence-corrected chi connectivity index (χ1v) is 7.00. The molecule has 110 valence electrons. The van der Waals surface area contributed by atoms with Gasteiger partial charge in [-0.1, -0.05) is 12.8 Å². The molecule has 0 aliphatic heterocycles. The van der Waals surface area contributed by atoms with E-state index >= 15 is 0 Å². The molecule has 0 unspecified atom stereocenters. The van der Waals surface area contributed by atoms with E-state index in [-0.39, 0.29) is 17.9 Å². The molecule has 0 heterocycles. The van der Waals surface area contributed by atoms with Crippen molar-refractivity contribution in [2.75, 3.05) is 6.54 Å². The lowest BCUT2D eigenvalue weighted by Gasteiger charge is -2.29. The number of carbonyl (C=O) groups excluding carboxylic acids is 1. The Morgan fingerprint density at radius 2 is 1.79 bits per heavy atom. The van der Waals surface area contributed by atoms with Gasteiger partial charge in [0.05, 0.1) is 12.0 Å². The minimum Gasteiger partial charge on any atom is -0.481 e. The van der Waals surface area contributed by atoms with Crippen molar-refractivity contribution >= 4 is 11.9 Å². The standard InChI is InChI=1S/C14H26N2O3/c1-13(2,3)15-9-6-11(17)16-14(10-12(18)19)7-4-5-8-14/h15H,4-10H2,1-3H3,(H,16,17)(H,18,19). The highest BCUT2D eigenvalue weighted by molar-refractivity contribution is 5.78. The van der Waals surface area contributed by atoms with Crippen LogP contribution in [-0.2, 0) is 9.59 Å². The van der Waals surface area contributed by atoms with Gasteiger partial charge in [0.1, 0.15) is 0 Å². The van der Waals surface area contributed by atoms with Crippen molar-refractivity contribution in [3.63, 3.8) is 0 Å². The van der Waals surface area contributed by atoms with Crippen LogP contribution in [0.4, 0.5) is 0 Å². The third kappa shape index (κ3) is 6.05. The normalized spacial score (nSPS) is 18.3. The Kier molecular flexibility index (Phi) is 5.35. The molecule has 0 aromatic rings. The van der Waals surface area contributed by atoms with E-state index in [4.69, 9.17) is 5.11 Å². The zero-order chi connectivity index (χ0) is 14.5. The molecule has 0 radical (unpaired) electrons. The van der Waals surface area contributed by atoms with Crippen LogP contribution in [0, 0.1) is 0 Å². The number of hydrogen-bond donors (Lipinski definition) is 3. The Balaban J connectivity index is 2.42. The number of rotatable bonds is 6. The lowest BCUT2D eigenvalue weighted by atomic mass is 9.93. The molecule has 0 spiro atoms. The second-order valence-corrected chi connectivity index (χ2v) is 6.53. The van der Waals surface area contributed by atoms with Gasteiger partial charge in [0.25, 0.3) is 0 Å². The van der Waals surface area contributed by atoms with Crippen molar-refractivity contribution in [3.05, 3.63) is 0 Å². The molecule has 19 heavy (non-hydrogen) atoms. The van der Waals surface area contributed by atoms with Gasteiger partial charge in [-0.25, -0.2) is 0 Å². The SMILES string of the molecule is CC(C)(C)NCCC(=O)NC1(CC(=O)O)CCCC1. The van der Waals surface area contributed by atoms with Crippen molar-refractivity contribution in [2.45, 2.75) is 70.4 Å². The topological polar surface area (TPSA) is 78.4 Å². The maximum Gasteiger partial charge on any atom is 0.305 e. The Morgan fingerprint density at radius 3 is 2.26 bits per heavy atom. The highest BCUT2D eigenvalue weighted by Crippen LogP contribution is 2.32. The maximum atomic E-state index is 11.9. The quantitative estimate of drug-likeness (QED) is 0.686. The average Bonchev–Trinajstić information content (AvgIpc) is 2.62. The minimum atomic E-state index is -0.838. The third-order valence-electron chi connectivity index (χ3n) is 3.46. The predicted molar refractivity (Wildman–Crippen MR) is 74.0 cm³/mol. The molecule has 1 rings (SSSR count). The van der Waals surface area contributed by atoms with Crippen LogP contribution >= 0.6 is 0 Å². The van der Waals surface area contributed by atoms with Gasteiger partial charge in [-0.3, -0.25) is 9.59 Å². The smallest absolute Gasteiger partial charge is 0.305 e. The van der Waals surface area contributed by atoms with Crippen molar-refractivity contribution in [1.82, 2.24) is 10.6 Å². The maximum absolute atomic E-state index is 11.9. The van der Waals surface area contributed by atoms with E-state index in [1.807, 2.05) is 20.8 Å². The number of amides is 1. The number of aliphatic carboxylic acids is 1. The fraction of sp³-hybridized carbons (Fsp3) is 0.857. The first kappa shape index (κ1) is 16.0. The van der Waals surface area contributed by atoms with E-state index in [2.05, 4.69) is 10.6 Å². The van der Waals surface area contributed by atoms with Gasteiger partial charge in [0.2, 0.25) is 5.91 Å². The number of carbonyl (C=O) groups is 2. The van der Waals surface area contributed by atoms with Gasteiger partial charge in [-0.15, -0.1) is 0 Å². The van der Waals surface area contributed by atoms with Crippen LogP contribution in [0.3, 0.4) is 0 Å². The summed E-state index contributed by atoms with van der Waals surface area (Å²) < 4.78 is 0. The number of nitrogens with one attached hydrogen (secondary N) is 2. The summed E-state index contributed by atoms with van der Waals surface area (Å²) in [7, 11) is 0. The van der Waals surface area contributed by atoms with E-state index in [1.54, 1.807) is 0 Å². The van der Waals surface area contributed by atoms with Gasteiger partial charge in [-0.05, 0) is 33.6 Å². The lowest BCUT2D eigenvalue weighted by molar-refractivity contribution is -0.139. The zero-order valence-electron chi connectivity index (χ0n) is 12.2. The fourth-order valence-electron chi connectivity index (χ4n) is 2.60. The number of hydrogen-bond acceptors (Lipinski definition) is 3. The fourth-order valence-corrected chi connectivity index (χ4v) is 2.60. The number of carboxylic acids is 1. The molecule has 1 saturated carbocycles. The summed E-state index contributed by atoms with van der Waals surface area (Å²) >= 11 is 0. The molecule has 3 N–H and O–H groups in total. The lowest BCUT2D eigenvalue weighted by Crippen LogP contribution is -2.49. The number of carboxylic acid groups (broad SMARTS) is 1. The molecule has 0 bridgehead atoms. The summed E-state index contributed by atoms with van der Waals surface area (Å²) in [4.78, 5) is 22.9. The first-order valence-electron chi connectivity index (χ1n) is 7.00. The van der Waals surface area contributed by atoms with E-state index < -0.39 is 11.5 Å².